The van der Waals surface area contributed by atoms with Gasteiger partial charge in [0.15, 0.2) is 11.5 Å². The third-order valence-corrected chi connectivity index (χ3v) is 2.61. The summed E-state index contributed by atoms with van der Waals surface area (Å²) in [6.07, 6.45) is -1.84. The maximum absolute atomic E-state index is 12.4. The Kier molecular flexibility index (Phi) is 4.89. The average Bonchev–Trinajstić information content (AvgIpc) is 2.45. The molecule has 1 heterocycles. The van der Waals surface area contributed by atoms with Crippen LogP contribution in [0.5, 0.6) is 11.5 Å². The Hall–Kier alpha value is -2.26. The lowest BCUT2D eigenvalue weighted by atomic mass is 9.80. The smallest absolute Gasteiger partial charge is 0.485 e. The summed E-state index contributed by atoms with van der Waals surface area (Å²) in [5.74, 6) is -0.826. The summed E-state index contributed by atoms with van der Waals surface area (Å²) < 4.78 is 46.2. The number of nitrogens with zero attached hydrogens (tertiary/aromatic N) is 1. The largest absolute Gasteiger partial charge is 0.573 e. The third-order valence-electron chi connectivity index (χ3n) is 2.61. The van der Waals surface area contributed by atoms with Gasteiger partial charge in [-0.15, -0.1) is 13.2 Å². The molecule has 0 amide bonds. The summed E-state index contributed by atoms with van der Waals surface area (Å²) in [4.78, 5) is 3.85. The average molecular weight is 313 g/mol. The number of alkyl halides is 3. The molecule has 0 bridgehead atoms. The Bertz CT molecular complexity index is 622. The van der Waals surface area contributed by atoms with E-state index in [4.69, 9.17) is 14.8 Å². The molecular weight excluding hydrogens is 302 g/mol. The molecule has 0 aliphatic heterocycles. The Balaban J connectivity index is 2.23. The van der Waals surface area contributed by atoms with E-state index in [0.29, 0.717) is 5.56 Å². The maximum Gasteiger partial charge on any atom is 0.573 e. The molecular formula is C13H11BF3NO4. The molecule has 2 N–H and O–H groups in total. The summed E-state index contributed by atoms with van der Waals surface area (Å²) in [7, 11) is -1.83. The van der Waals surface area contributed by atoms with Gasteiger partial charge in [0.05, 0.1) is 0 Å². The van der Waals surface area contributed by atoms with Gasteiger partial charge in [-0.05, 0) is 23.7 Å². The molecule has 22 heavy (non-hydrogen) atoms. The molecule has 0 saturated carbocycles. The van der Waals surface area contributed by atoms with E-state index in [2.05, 4.69) is 9.72 Å². The van der Waals surface area contributed by atoms with Crippen LogP contribution in [0.3, 0.4) is 0 Å². The van der Waals surface area contributed by atoms with Crippen LogP contribution in [-0.2, 0) is 6.61 Å². The molecule has 1 aromatic carbocycles. The number of rotatable bonds is 5. The van der Waals surface area contributed by atoms with Crippen molar-refractivity contribution in [2.45, 2.75) is 13.0 Å². The van der Waals surface area contributed by atoms with Crippen LogP contribution in [-0.4, -0.2) is 28.5 Å². The second-order valence-corrected chi connectivity index (χ2v) is 4.28. The van der Waals surface area contributed by atoms with E-state index in [1.165, 1.54) is 6.20 Å². The Morgan fingerprint density at radius 2 is 1.91 bits per heavy atom. The zero-order valence-corrected chi connectivity index (χ0v) is 11.1. The number of hydrogen-bond donors (Lipinski definition) is 2. The van der Waals surface area contributed by atoms with Crippen LogP contribution in [0.15, 0.2) is 42.7 Å². The van der Waals surface area contributed by atoms with Gasteiger partial charge in [0.1, 0.15) is 6.61 Å². The Labute approximate surface area is 124 Å². The Morgan fingerprint density at radius 1 is 1.14 bits per heavy atom. The van der Waals surface area contributed by atoms with Crippen LogP contribution in [0.4, 0.5) is 13.2 Å². The number of benzene rings is 1. The van der Waals surface area contributed by atoms with Crippen molar-refractivity contribution in [2.24, 2.45) is 0 Å². The first-order chi connectivity index (χ1) is 10.3. The lowest BCUT2D eigenvalue weighted by Crippen LogP contribution is -2.30. The number of ether oxygens (including phenoxy) is 2. The molecule has 9 heteroatoms. The molecule has 2 aromatic rings. The first-order valence-electron chi connectivity index (χ1n) is 6.13. The maximum atomic E-state index is 12.4. The van der Waals surface area contributed by atoms with Gasteiger partial charge in [-0.2, -0.15) is 0 Å². The topological polar surface area (TPSA) is 71.8 Å². The first kappa shape index (κ1) is 16.1. The number of aromatic nitrogens is 1. The highest BCUT2D eigenvalue weighted by Gasteiger charge is 2.32. The lowest BCUT2D eigenvalue weighted by Gasteiger charge is -2.15. The van der Waals surface area contributed by atoms with Crippen molar-refractivity contribution in [3.63, 3.8) is 0 Å². The molecule has 5 nitrogen and oxygen atoms in total. The van der Waals surface area contributed by atoms with Crippen LogP contribution < -0.4 is 14.9 Å². The lowest BCUT2D eigenvalue weighted by molar-refractivity contribution is -0.275. The second-order valence-electron chi connectivity index (χ2n) is 4.28. The van der Waals surface area contributed by atoms with Crippen molar-refractivity contribution in [2.75, 3.05) is 0 Å². The molecule has 0 atom stereocenters. The zero-order chi connectivity index (χ0) is 16.2. The highest BCUT2D eigenvalue weighted by Crippen LogP contribution is 2.31. The quantitative estimate of drug-likeness (QED) is 0.813. The normalized spacial score (nSPS) is 11.1. The van der Waals surface area contributed by atoms with Crippen molar-refractivity contribution in [1.29, 1.82) is 0 Å². The van der Waals surface area contributed by atoms with E-state index >= 15 is 0 Å². The van der Waals surface area contributed by atoms with Crippen LogP contribution in [0.25, 0.3) is 0 Å². The molecule has 116 valence electrons. The second kappa shape index (κ2) is 6.67. The van der Waals surface area contributed by atoms with Gasteiger partial charge in [0, 0.05) is 18.0 Å². The molecule has 0 spiro atoms. The SMILES string of the molecule is OB(O)c1ccc(OC(F)(F)F)c(OCc2cccnc2)c1. The van der Waals surface area contributed by atoms with Gasteiger partial charge < -0.3 is 19.5 Å². The fourth-order valence-corrected chi connectivity index (χ4v) is 1.65. The number of pyridine rings is 1. The van der Waals surface area contributed by atoms with E-state index in [1.54, 1.807) is 18.3 Å². The standard InChI is InChI=1S/C13H11BF3NO4/c15-13(16,17)22-11-4-3-10(14(19)20)6-12(11)21-8-9-2-1-5-18-7-9/h1-7,19-20H,8H2. The van der Waals surface area contributed by atoms with Crippen molar-refractivity contribution in [1.82, 2.24) is 4.98 Å². The van der Waals surface area contributed by atoms with E-state index < -0.39 is 19.2 Å². The summed E-state index contributed by atoms with van der Waals surface area (Å²) in [5, 5.41) is 18.2. The molecule has 0 unspecified atom stereocenters. The van der Waals surface area contributed by atoms with Crippen molar-refractivity contribution in [3.8, 4) is 11.5 Å². The van der Waals surface area contributed by atoms with Crippen LogP contribution >= 0.6 is 0 Å². The van der Waals surface area contributed by atoms with Crippen molar-refractivity contribution in [3.05, 3.63) is 48.3 Å². The minimum Gasteiger partial charge on any atom is -0.485 e. The van der Waals surface area contributed by atoms with Gasteiger partial charge in [0.2, 0.25) is 0 Å². The number of hydrogen-bond acceptors (Lipinski definition) is 5. The third kappa shape index (κ3) is 4.64. The monoisotopic (exact) mass is 313 g/mol. The molecule has 0 radical (unpaired) electrons. The predicted octanol–water partition coefficient (Wildman–Crippen LogP) is 1.24. The van der Waals surface area contributed by atoms with Gasteiger partial charge in [-0.25, -0.2) is 0 Å². The summed E-state index contributed by atoms with van der Waals surface area (Å²) >= 11 is 0. The van der Waals surface area contributed by atoms with Crippen molar-refractivity contribution < 1.29 is 32.7 Å². The van der Waals surface area contributed by atoms with Crippen molar-refractivity contribution >= 4 is 12.6 Å². The van der Waals surface area contributed by atoms with Crippen LogP contribution in [0, 0.1) is 0 Å². The minimum atomic E-state index is -4.88. The summed E-state index contributed by atoms with van der Waals surface area (Å²) in [6.45, 7) is -0.0486. The highest BCUT2D eigenvalue weighted by atomic mass is 19.4. The van der Waals surface area contributed by atoms with Gasteiger partial charge >= 0.3 is 13.5 Å². The van der Waals surface area contributed by atoms with E-state index in [0.717, 1.165) is 18.2 Å². The van der Waals surface area contributed by atoms with E-state index in [1.807, 2.05) is 0 Å². The fourth-order valence-electron chi connectivity index (χ4n) is 1.65. The number of halogens is 3. The molecule has 0 aliphatic rings. The molecule has 0 aliphatic carbocycles. The van der Waals surface area contributed by atoms with Gasteiger partial charge in [0.25, 0.3) is 0 Å². The van der Waals surface area contributed by atoms with Crippen LogP contribution in [0.2, 0.25) is 0 Å². The molecule has 0 saturated heterocycles. The van der Waals surface area contributed by atoms with Crippen LogP contribution in [0.1, 0.15) is 5.56 Å². The fraction of sp³-hybridized carbons (Fsp3) is 0.154. The molecule has 0 fully saturated rings. The predicted molar refractivity (Wildman–Crippen MR) is 71.5 cm³/mol. The zero-order valence-electron chi connectivity index (χ0n) is 11.1. The minimum absolute atomic E-state index is 0.0179. The molecule has 1 aromatic heterocycles. The van der Waals surface area contributed by atoms with Gasteiger partial charge in [-0.1, -0.05) is 12.1 Å². The van der Waals surface area contributed by atoms with E-state index in [-0.39, 0.29) is 17.8 Å². The Morgan fingerprint density at radius 3 is 2.50 bits per heavy atom. The highest BCUT2D eigenvalue weighted by molar-refractivity contribution is 6.58. The van der Waals surface area contributed by atoms with Gasteiger partial charge in [-0.3, -0.25) is 4.98 Å². The summed E-state index contributed by atoms with van der Waals surface area (Å²) in [5.41, 5.74) is 0.617. The first-order valence-corrected chi connectivity index (χ1v) is 6.13. The summed E-state index contributed by atoms with van der Waals surface area (Å²) in [6, 6.07) is 6.47. The molecule has 2 rings (SSSR count). The van der Waals surface area contributed by atoms with E-state index in [9.17, 15) is 13.2 Å².